The number of halogens is 1. The maximum absolute atomic E-state index is 12.9. The highest BCUT2D eigenvalue weighted by Gasteiger charge is 2.36. The zero-order valence-corrected chi connectivity index (χ0v) is 16.2. The lowest BCUT2D eigenvalue weighted by molar-refractivity contribution is -0.137. The number of piperidine rings is 1. The van der Waals surface area contributed by atoms with E-state index in [4.69, 9.17) is 16.3 Å². The molecule has 2 amide bonds. The minimum atomic E-state index is -0.572. The van der Waals surface area contributed by atoms with Gasteiger partial charge in [-0.3, -0.25) is 9.69 Å². The van der Waals surface area contributed by atoms with Crippen LogP contribution in [0.25, 0.3) is 0 Å². The van der Waals surface area contributed by atoms with Gasteiger partial charge in [-0.25, -0.2) is 4.79 Å². The number of rotatable bonds is 3. The van der Waals surface area contributed by atoms with E-state index < -0.39 is 17.7 Å². The molecule has 1 aliphatic heterocycles. The molecular weight excluding hydrogens is 340 g/mol. The second-order valence-electron chi connectivity index (χ2n) is 7.51. The SMILES string of the molecule is CN(Cc1ccc(Cl)cc1)C(=O)[C@H]1CCCCN1C(=O)OC(C)(C)C. The third-order valence-electron chi connectivity index (χ3n) is 4.13. The van der Waals surface area contributed by atoms with Gasteiger partial charge in [0.15, 0.2) is 0 Å². The molecule has 0 unspecified atom stereocenters. The van der Waals surface area contributed by atoms with Gasteiger partial charge in [-0.15, -0.1) is 0 Å². The molecule has 0 aliphatic carbocycles. The monoisotopic (exact) mass is 366 g/mol. The van der Waals surface area contributed by atoms with E-state index in [0.717, 1.165) is 18.4 Å². The van der Waals surface area contributed by atoms with Gasteiger partial charge in [0.25, 0.3) is 0 Å². The summed E-state index contributed by atoms with van der Waals surface area (Å²) in [5, 5.41) is 0.668. The van der Waals surface area contributed by atoms with E-state index in [2.05, 4.69) is 0 Å². The minimum Gasteiger partial charge on any atom is -0.444 e. The molecule has 1 fully saturated rings. The summed E-state index contributed by atoms with van der Waals surface area (Å²) >= 11 is 5.90. The van der Waals surface area contributed by atoms with Crippen LogP contribution < -0.4 is 0 Å². The first-order chi connectivity index (χ1) is 11.7. The molecule has 1 saturated heterocycles. The molecule has 0 saturated carbocycles. The molecule has 25 heavy (non-hydrogen) atoms. The fourth-order valence-electron chi connectivity index (χ4n) is 2.92. The molecule has 1 aliphatic rings. The van der Waals surface area contributed by atoms with Crippen molar-refractivity contribution in [3.8, 4) is 0 Å². The average molecular weight is 367 g/mol. The number of carbonyl (C=O) groups is 2. The van der Waals surface area contributed by atoms with Crippen LogP contribution in [0, 0.1) is 0 Å². The Balaban J connectivity index is 2.05. The Labute approximate surface area is 154 Å². The van der Waals surface area contributed by atoms with E-state index >= 15 is 0 Å². The van der Waals surface area contributed by atoms with Crippen molar-refractivity contribution in [2.45, 2.75) is 58.2 Å². The van der Waals surface area contributed by atoms with Gasteiger partial charge in [-0.2, -0.15) is 0 Å². The van der Waals surface area contributed by atoms with E-state index in [9.17, 15) is 9.59 Å². The molecule has 0 N–H and O–H groups in total. The van der Waals surface area contributed by atoms with Crippen molar-refractivity contribution in [2.75, 3.05) is 13.6 Å². The van der Waals surface area contributed by atoms with Crippen LogP contribution in [0.5, 0.6) is 0 Å². The average Bonchev–Trinajstić information content (AvgIpc) is 2.54. The Hall–Kier alpha value is -1.75. The van der Waals surface area contributed by atoms with Gasteiger partial charge in [-0.1, -0.05) is 23.7 Å². The highest BCUT2D eigenvalue weighted by molar-refractivity contribution is 6.30. The number of carbonyl (C=O) groups excluding carboxylic acids is 2. The molecule has 0 spiro atoms. The van der Waals surface area contributed by atoms with Crippen molar-refractivity contribution in [3.63, 3.8) is 0 Å². The Bertz CT molecular complexity index is 610. The van der Waals surface area contributed by atoms with Gasteiger partial charge in [0.1, 0.15) is 11.6 Å². The van der Waals surface area contributed by atoms with Crippen LogP contribution in [0.3, 0.4) is 0 Å². The van der Waals surface area contributed by atoms with Crippen molar-refractivity contribution in [1.82, 2.24) is 9.80 Å². The Morgan fingerprint density at radius 1 is 1.24 bits per heavy atom. The summed E-state index contributed by atoms with van der Waals surface area (Å²) in [7, 11) is 1.76. The number of likely N-dealkylation sites (N-methyl/N-ethyl adjacent to an activating group) is 1. The summed E-state index contributed by atoms with van der Waals surface area (Å²) in [4.78, 5) is 28.6. The number of amides is 2. The molecule has 5 nitrogen and oxygen atoms in total. The molecule has 1 aromatic carbocycles. The van der Waals surface area contributed by atoms with E-state index in [1.54, 1.807) is 16.8 Å². The van der Waals surface area contributed by atoms with Crippen molar-refractivity contribution in [1.29, 1.82) is 0 Å². The number of hydrogen-bond acceptors (Lipinski definition) is 3. The number of benzene rings is 1. The number of nitrogens with zero attached hydrogens (tertiary/aromatic N) is 2. The molecule has 138 valence electrons. The number of ether oxygens (including phenoxy) is 1. The topological polar surface area (TPSA) is 49.9 Å². The smallest absolute Gasteiger partial charge is 0.410 e. The maximum Gasteiger partial charge on any atom is 0.410 e. The zero-order chi connectivity index (χ0) is 18.6. The standard InChI is InChI=1S/C19H27ClN2O3/c1-19(2,3)25-18(24)22-12-6-5-7-16(22)17(23)21(4)13-14-8-10-15(20)11-9-14/h8-11,16H,5-7,12-13H2,1-4H3/t16-/m1/s1. The summed E-state index contributed by atoms with van der Waals surface area (Å²) in [6.07, 6.45) is 2.09. The number of likely N-dealkylation sites (tertiary alicyclic amines) is 1. The first kappa shape index (κ1) is 19.6. The quantitative estimate of drug-likeness (QED) is 0.809. The van der Waals surface area contributed by atoms with Crippen LogP contribution in [-0.2, 0) is 16.1 Å². The summed E-state index contributed by atoms with van der Waals surface area (Å²) in [5.41, 5.74) is 0.428. The molecule has 0 radical (unpaired) electrons. The normalized spacial score (nSPS) is 18.0. The van der Waals surface area contributed by atoms with Crippen LogP contribution >= 0.6 is 11.6 Å². The highest BCUT2D eigenvalue weighted by Crippen LogP contribution is 2.22. The molecule has 0 aromatic heterocycles. The van der Waals surface area contributed by atoms with E-state index in [1.807, 2.05) is 45.0 Å². The molecule has 0 bridgehead atoms. The van der Waals surface area contributed by atoms with Gasteiger partial charge in [-0.05, 0) is 57.7 Å². The second-order valence-corrected chi connectivity index (χ2v) is 7.94. The van der Waals surface area contributed by atoms with Crippen LogP contribution in [0.4, 0.5) is 4.79 Å². The lowest BCUT2D eigenvalue weighted by atomic mass is 10.0. The third-order valence-corrected chi connectivity index (χ3v) is 4.38. The fraction of sp³-hybridized carbons (Fsp3) is 0.579. The first-order valence-electron chi connectivity index (χ1n) is 8.66. The van der Waals surface area contributed by atoms with E-state index in [0.29, 0.717) is 24.5 Å². The lowest BCUT2D eigenvalue weighted by Crippen LogP contribution is -2.53. The maximum atomic E-state index is 12.9. The van der Waals surface area contributed by atoms with Crippen molar-refractivity contribution in [3.05, 3.63) is 34.9 Å². The second kappa shape index (κ2) is 8.09. The number of hydrogen-bond donors (Lipinski definition) is 0. The molecule has 1 aromatic rings. The van der Waals surface area contributed by atoms with Gasteiger partial charge >= 0.3 is 6.09 Å². The Kier molecular flexibility index (Phi) is 6.33. The van der Waals surface area contributed by atoms with E-state index in [1.165, 1.54) is 0 Å². The largest absolute Gasteiger partial charge is 0.444 e. The van der Waals surface area contributed by atoms with Crippen molar-refractivity contribution < 1.29 is 14.3 Å². The molecule has 2 rings (SSSR count). The molecule has 1 atom stereocenters. The van der Waals surface area contributed by atoms with E-state index in [-0.39, 0.29) is 5.91 Å². The highest BCUT2D eigenvalue weighted by atomic mass is 35.5. The molecule has 6 heteroatoms. The van der Waals surface area contributed by atoms with Gasteiger partial charge in [0.2, 0.25) is 5.91 Å². The Morgan fingerprint density at radius 2 is 1.88 bits per heavy atom. The molecule has 1 heterocycles. The minimum absolute atomic E-state index is 0.0551. The fourth-order valence-corrected chi connectivity index (χ4v) is 3.05. The Morgan fingerprint density at radius 3 is 2.48 bits per heavy atom. The van der Waals surface area contributed by atoms with Crippen LogP contribution in [0.15, 0.2) is 24.3 Å². The summed E-state index contributed by atoms with van der Waals surface area (Å²) in [6.45, 7) is 6.53. The van der Waals surface area contributed by atoms with Crippen molar-refractivity contribution in [2.24, 2.45) is 0 Å². The van der Waals surface area contributed by atoms with Crippen LogP contribution in [0.2, 0.25) is 5.02 Å². The predicted octanol–water partition coefficient (Wildman–Crippen LogP) is 4.09. The van der Waals surface area contributed by atoms with Crippen LogP contribution in [-0.4, -0.2) is 47.0 Å². The summed E-state index contributed by atoms with van der Waals surface area (Å²) in [5.74, 6) is -0.0551. The third kappa shape index (κ3) is 5.63. The zero-order valence-electron chi connectivity index (χ0n) is 15.4. The van der Waals surface area contributed by atoms with Gasteiger partial charge in [0.05, 0.1) is 0 Å². The summed E-state index contributed by atoms with van der Waals surface area (Å²) < 4.78 is 5.47. The van der Waals surface area contributed by atoms with Gasteiger partial charge in [0, 0.05) is 25.2 Å². The first-order valence-corrected chi connectivity index (χ1v) is 9.04. The lowest BCUT2D eigenvalue weighted by Gasteiger charge is -2.37. The summed E-state index contributed by atoms with van der Waals surface area (Å²) in [6, 6.07) is 6.96. The molecular formula is C19H27ClN2O3. The predicted molar refractivity (Wildman–Crippen MR) is 98.5 cm³/mol. The van der Waals surface area contributed by atoms with Crippen LogP contribution in [0.1, 0.15) is 45.6 Å². The van der Waals surface area contributed by atoms with Crippen molar-refractivity contribution >= 4 is 23.6 Å². The van der Waals surface area contributed by atoms with Gasteiger partial charge < -0.3 is 9.64 Å².